The molecule has 2 aromatic rings. The first-order valence-electron chi connectivity index (χ1n) is 9.66. The summed E-state index contributed by atoms with van der Waals surface area (Å²) in [6.45, 7) is -0.631. The minimum absolute atomic E-state index is 0.111. The van der Waals surface area contributed by atoms with Crippen LogP contribution in [0, 0.1) is 10.1 Å². The molecule has 1 saturated carbocycles. The summed E-state index contributed by atoms with van der Waals surface area (Å²) >= 11 is 5.72. The molecule has 1 aliphatic carbocycles. The van der Waals surface area contributed by atoms with Gasteiger partial charge in [-0.3, -0.25) is 19.7 Å². The maximum absolute atomic E-state index is 12.6. The molecule has 0 saturated heterocycles. The number of carbonyl (C=O) groups is 3. The lowest BCUT2D eigenvalue weighted by atomic mass is 10.1. The van der Waals surface area contributed by atoms with Crippen LogP contribution in [0.2, 0.25) is 5.02 Å². The van der Waals surface area contributed by atoms with Crippen molar-refractivity contribution < 1.29 is 24.0 Å². The molecule has 1 fully saturated rings. The molecule has 10 heteroatoms. The fourth-order valence-electron chi connectivity index (χ4n) is 3.30. The molecule has 0 spiro atoms. The SMILES string of the molecule is O=C(COC(=O)c1ccc(Cl)c([N+](=O)[O-])c1)Nc1ccccc1C(=O)NC1CCCC1. The van der Waals surface area contributed by atoms with Gasteiger partial charge in [-0.15, -0.1) is 0 Å². The van der Waals surface area contributed by atoms with Crippen molar-refractivity contribution in [3.63, 3.8) is 0 Å². The van der Waals surface area contributed by atoms with Crippen LogP contribution in [0.5, 0.6) is 0 Å². The Morgan fingerprint density at radius 3 is 2.55 bits per heavy atom. The zero-order chi connectivity index (χ0) is 22.4. The number of para-hydroxylation sites is 1. The Hall–Kier alpha value is -3.46. The largest absolute Gasteiger partial charge is 0.452 e. The zero-order valence-electron chi connectivity index (χ0n) is 16.4. The van der Waals surface area contributed by atoms with Crippen LogP contribution in [-0.4, -0.2) is 35.4 Å². The van der Waals surface area contributed by atoms with E-state index in [9.17, 15) is 24.5 Å². The number of rotatable bonds is 7. The summed E-state index contributed by atoms with van der Waals surface area (Å²) < 4.78 is 4.93. The summed E-state index contributed by atoms with van der Waals surface area (Å²) in [4.78, 5) is 47.1. The van der Waals surface area contributed by atoms with Crippen LogP contribution in [0.25, 0.3) is 0 Å². The normalized spacial score (nSPS) is 13.5. The summed E-state index contributed by atoms with van der Waals surface area (Å²) in [5.74, 6) is -1.85. The van der Waals surface area contributed by atoms with E-state index in [4.69, 9.17) is 16.3 Å². The molecule has 162 valence electrons. The Balaban J connectivity index is 1.60. The minimum atomic E-state index is -0.915. The van der Waals surface area contributed by atoms with E-state index in [-0.39, 0.29) is 22.5 Å². The van der Waals surface area contributed by atoms with E-state index in [1.165, 1.54) is 12.1 Å². The molecule has 0 unspecified atom stereocenters. The Kier molecular flexibility index (Phi) is 7.19. The summed E-state index contributed by atoms with van der Waals surface area (Å²) in [6, 6.07) is 10.1. The van der Waals surface area contributed by atoms with E-state index in [1.54, 1.807) is 24.3 Å². The number of halogens is 1. The van der Waals surface area contributed by atoms with E-state index in [0.29, 0.717) is 11.3 Å². The number of esters is 1. The molecule has 0 bridgehead atoms. The second-order valence-electron chi connectivity index (χ2n) is 7.05. The van der Waals surface area contributed by atoms with Crippen molar-refractivity contribution >= 4 is 40.8 Å². The highest BCUT2D eigenvalue weighted by Gasteiger charge is 2.21. The quantitative estimate of drug-likeness (QED) is 0.380. The van der Waals surface area contributed by atoms with Crippen molar-refractivity contribution in [1.29, 1.82) is 0 Å². The van der Waals surface area contributed by atoms with Gasteiger partial charge < -0.3 is 15.4 Å². The molecular formula is C21H20ClN3O6. The van der Waals surface area contributed by atoms with Gasteiger partial charge in [0.25, 0.3) is 17.5 Å². The van der Waals surface area contributed by atoms with E-state index in [1.807, 2.05) is 0 Å². The van der Waals surface area contributed by atoms with E-state index >= 15 is 0 Å². The molecule has 1 aliphatic rings. The van der Waals surface area contributed by atoms with Gasteiger partial charge in [-0.1, -0.05) is 36.6 Å². The predicted octanol–water partition coefficient (Wildman–Crippen LogP) is 3.72. The number of hydrogen-bond acceptors (Lipinski definition) is 6. The average molecular weight is 446 g/mol. The van der Waals surface area contributed by atoms with Crippen LogP contribution >= 0.6 is 11.6 Å². The Morgan fingerprint density at radius 1 is 1.13 bits per heavy atom. The molecule has 2 N–H and O–H groups in total. The van der Waals surface area contributed by atoms with Crippen LogP contribution in [-0.2, 0) is 9.53 Å². The third-order valence-corrected chi connectivity index (χ3v) is 5.17. The summed E-state index contributed by atoms with van der Waals surface area (Å²) in [5.41, 5.74) is 0.0478. The third-order valence-electron chi connectivity index (χ3n) is 4.85. The number of nitro benzene ring substituents is 1. The van der Waals surface area contributed by atoms with Gasteiger partial charge in [0.2, 0.25) is 0 Å². The van der Waals surface area contributed by atoms with Crippen molar-refractivity contribution in [2.45, 2.75) is 31.7 Å². The average Bonchev–Trinajstić information content (AvgIpc) is 3.25. The number of nitrogens with one attached hydrogen (secondary N) is 2. The van der Waals surface area contributed by atoms with Crippen molar-refractivity contribution in [2.24, 2.45) is 0 Å². The molecule has 9 nitrogen and oxygen atoms in total. The first-order chi connectivity index (χ1) is 14.8. The van der Waals surface area contributed by atoms with Crippen LogP contribution < -0.4 is 10.6 Å². The standard InChI is InChI=1S/C21H20ClN3O6/c22-16-10-9-13(11-18(16)25(29)30)21(28)31-12-19(26)24-17-8-4-3-7-15(17)20(27)23-14-5-1-2-6-14/h3-4,7-11,14H,1-2,5-6,12H2,(H,23,27)(H,24,26). The Morgan fingerprint density at radius 2 is 1.84 bits per heavy atom. The van der Waals surface area contributed by atoms with E-state index < -0.39 is 29.1 Å². The van der Waals surface area contributed by atoms with E-state index in [2.05, 4.69) is 10.6 Å². The lowest BCUT2D eigenvalue weighted by Crippen LogP contribution is -2.33. The number of hydrogen-bond donors (Lipinski definition) is 2. The Labute approximate surface area is 182 Å². The van der Waals surface area contributed by atoms with Crippen LogP contribution in [0.15, 0.2) is 42.5 Å². The highest BCUT2D eigenvalue weighted by atomic mass is 35.5. The van der Waals surface area contributed by atoms with Gasteiger partial charge in [-0.2, -0.15) is 0 Å². The van der Waals surface area contributed by atoms with Crippen molar-refractivity contribution in [2.75, 3.05) is 11.9 Å². The molecule has 31 heavy (non-hydrogen) atoms. The lowest BCUT2D eigenvalue weighted by molar-refractivity contribution is -0.384. The van der Waals surface area contributed by atoms with Crippen LogP contribution in [0.3, 0.4) is 0 Å². The molecule has 2 aromatic carbocycles. The fourth-order valence-corrected chi connectivity index (χ4v) is 3.49. The second-order valence-corrected chi connectivity index (χ2v) is 7.46. The number of benzene rings is 2. The zero-order valence-corrected chi connectivity index (χ0v) is 17.2. The van der Waals surface area contributed by atoms with Crippen molar-refractivity contribution in [3.8, 4) is 0 Å². The third kappa shape index (κ3) is 5.79. The molecule has 2 amide bonds. The molecule has 0 aliphatic heterocycles. The van der Waals surface area contributed by atoms with Crippen molar-refractivity contribution in [3.05, 3.63) is 68.7 Å². The van der Waals surface area contributed by atoms with Gasteiger partial charge in [0, 0.05) is 12.1 Å². The molecular weight excluding hydrogens is 426 g/mol. The fraction of sp³-hybridized carbons (Fsp3) is 0.286. The summed E-state index contributed by atoms with van der Waals surface area (Å²) in [7, 11) is 0. The Bertz CT molecular complexity index is 1020. The smallest absolute Gasteiger partial charge is 0.338 e. The van der Waals surface area contributed by atoms with Gasteiger partial charge in [-0.25, -0.2) is 4.79 Å². The maximum Gasteiger partial charge on any atom is 0.338 e. The van der Waals surface area contributed by atoms with Gasteiger partial charge >= 0.3 is 5.97 Å². The number of anilines is 1. The summed E-state index contributed by atoms with van der Waals surface area (Å²) in [6.07, 6.45) is 4.01. The minimum Gasteiger partial charge on any atom is -0.452 e. The molecule has 0 heterocycles. The lowest BCUT2D eigenvalue weighted by Gasteiger charge is -2.15. The number of carbonyl (C=O) groups excluding carboxylic acids is 3. The molecule has 0 radical (unpaired) electrons. The highest BCUT2D eigenvalue weighted by Crippen LogP contribution is 2.25. The van der Waals surface area contributed by atoms with Gasteiger partial charge in [-0.05, 0) is 37.1 Å². The van der Waals surface area contributed by atoms with Gasteiger partial charge in [0.15, 0.2) is 6.61 Å². The van der Waals surface area contributed by atoms with Crippen LogP contribution in [0.4, 0.5) is 11.4 Å². The predicted molar refractivity (Wildman–Crippen MR) is 113 cm³/mol. The highest BCUT2D eigenvalue weighted by molar-refractivity contribution is 6.32. The number of amides is 2. The number of nitro groups is 1. The first-order valence-corrected chi connectivity index (χ1v) is 10.0. The maximum atomic E-state index is 12.6. The molecule has 0 aromatic heterocycles. The second kappa shape index (κ2) is 10.0. The van der Waals surface area contributed by atoms with Crippen LogP contribution in [0.1, 0.15) is 46.4 Å². The van der Waals surface area contributed by atoms with E-state index in [0.717, 1.165) is 31.7 Å². The molecule has 3 rings (SSSR count). The number of nitrogens with zero attached hydrogens (tertiary/aromatic N) is 1. The topological polar surface area (TPSA) is 128 Å². The monoisotopic (exact) mass is 445 g/mol. The number of ether oxygens (including phenoxy) is 1. The first kappa shape index (κ1) is 22.2. The summed E-state index contributed by atoms with van der Waals surface area (Å²) in [5, 5.41) is 16.3. The molecule has 0 atom stereocenters. The van der Waals surface area contributed by atoms with Gasteiger partial charge in [0.05, 0.1) is 21.7 Å². The van der Waals surface area contributed by atoms with Gasteiger partial charge in [0.1, 0.15) is 5.02 Å². The van der Waals surface area contributed by atoms with Crippen molar-refractivity contribution in [1.82, 2.24) is 5.32 Å².